The van der Waals surface area contributed by atoms with E-state index >= 15 is 0 Å². The van der Waals surface area contributed by atoms with Crippen LogP contribution in [0.3, 0.4) is 0 Å². The van der Waals surface area contributed by atoms with Crippen LogP contribution in [0.1, 0.15) is 65.2 Å². The second-order valence-corrected chi connectivity index (χ2v) is 5.49. The highest BCUT2D eigenvalue weighted by Crippen LogP contribution is 2.49. The lowest BCUT2D eigenvalue weighted by molar-refractivity contribution is 0.277. The minimum absolute atomic E-state index is 0.466. The predicted octanol–water partition coefficient (Wildman–Crippen LogP) is 5.00. The van der Waals surface area contributed by atoms with Gasteiger partial charge in [0.2, 0.25) is 0 Å². The molecule has 1 aliphatic carbocycles. The highest BCUT2D eigenvalue weighted by atomic mass is 35.5. The zero-order valence-corrected chi connectivity index (χ0v) is 10.6. The van der Waals surface area contributed by atoms with E-state index in [1.165, 1.54) is 51.4 Å². The fraction of sp³-hybridized carbons (Fsp3) is 1.00. The van der Waals surface area contributed by atoms with Gasteiger partial charge in [-0.1, -0.05) is 46.0 Å². The first kappa shape index (κ1) is 12.4. The normalized spacial score (nSPS) is 20.8. The van der Waals surface area contributed by atoms with Gasteiger partial charge in [0.05, 0.1) is 0 Å². The Morgan fingerprint density at radius 1 is 1.14 bits per heavy atom. The highest BCUT2D eigenvalue weighted by molar-refractivity contribution is 6.18. The molecule has 1 atom stereocenters. The number of halogens is 1. The van der Waals surface area contributed by atoms with Crippen LogP contribution in [0.25, 0.3) is 0 Å². The Labute approximate surface area is 94.4 Å². The SMILES string of the molecule is CCCCCCCC(C)(CCl)C1CC1. The predicted molar refractivity (Wildman–Crippen MR) is 64.9 cm³/mol. The van der Waals surface area contributed by atoms with Gasteiger partial charge in [-0.2, -0.15) is 0 Å². The van der Waals surface area contributed by atoms with Crippen molar-refractivity contribution in [3.05, 3.63) is 0 Å². The van der Waals surface area contributed by atoms with Crippen LogP contribution >= 0.6 is 11.6 Å². The molecule has 0 saturated heterocycles. The summed E-state index contributed by atoms with van der Waals surface area (Å²) in [6.45, 7) is 4.66. The second kappa shape index (κ2) is 6.00. The molecule has 0 heterocycles. The molecule has 0 aromatic rings. The van der Waals surface area contributed by atoms with Crippen molar-refractivity contribution in [1.29, 1.82) is 0 Å². The Bertz CT molecular complexity index is 151. The minimum Gasteiger partial charge on any atom is -0.126 e. The first-order valence-corrected chi connectivity index (χ1v) is 6.82. The maximum atomic E-state index is 6.08. The second-order valence-electron chi connectivity index (χ2n) is 5.23. The van der Waals surface area contributed by atoms with Crippen molar-refractivity contribution in [3.8, 4) is 0 Å². The van der Waals surface area contributed by atoms with Gasteiger partial charge in [0.15, 0.2) is 0 Å². The Hall–Kier alpha value is 0.290. The molecule has 14 heavy (non-hydrogen) atoms. The van der Waals surface area contributed by atoms with Crippen LogP contribution in [0.2, 0.25) is 0 Å². The van der Waals surface area contributed by atoms with Gasteiger partial charge in [-0.3, -0.25) is 0 Å². The molecule has 0 aromatic carbocycles. The summed E-state index contributed by atoms with van der Waals surface area (Å²) in [6.07, 6.45) is 11.2. The lowest BCUT2D eigenvalue weighted by Gasteiger charge is -2.27. The van der Waals surface area contributed by atoms with Crippen molar-refractivity contribution in [2.45, 2.75) is 65.2 Å². The standard InChI is InChI=1S/C13H25Cl/c1-3-4-5-6-7-10-13(2,11-14)12-8-9-12/h12H,3-11H2,1-2H3. The molecule has 0 bridgehead atoms. The molecule has 1 aliphatic rings. The van der Waals surface area contributed by atoms with Crippen LogP contribution in [0.5, 0.6) is 0 Å². The van der Waals surface area contributed by atoms with Crippen LogP contribution in [-0.2, 0) is 0 Å². The molecule has 1 fully saturated rings. The quantitative estimate of drug-likeness (QED) is 0.396. The Kier molecular flexibility index (Phi) is 5.30. The summed E-state index contributed by atoms with van der Waals surface area (Å²) >= 11 is 6.08. The van der Waals surface area contributed by atoms with E-state index in [1.54, 1.807) is 0 Å². The third-order valence-electron chi connectivity index (χ3n) is 3.72. The maximum Gasteiger partial charge on any atom is 0.0280 e. The minimum atomic E-state index is 0.466. The molecule has 0 aromatic heterocycles. The van der Waals surface area contributed by atoms with E-state index in [2.05, 4.69) is 13.8 Å². The molecular formula is C13H25Cl. The van der Waals surface area contributed by atoms with Crippen LogP contribution in [0.15, 0.2) is 0 Å². The van der Waals surface area contributed by atoms with Gasteiger partial charge in [0, 0.05) is 5.88 Å². The smallest absolute Gasteiger partial charge is 0.0280 e. The Morgan fingerprint density at radius 2 is 1.79 bits per heavy atom. The van der Waals surface area contributed by atoms with Crippen LogP contribution < -0.4 is 0 Å². The van der Waals surface area contributed by atoms with Crippen molar-refractivity contribution < 1.29 is 0 Å². The van der Waals surface area contributed by atoms with Crippen LogP contribution in [0, 0.1) is 11.3 Å². The summed E-state index contributed by atoms with van der Waals surface area (Å²) in [7, 11) is 0. The van der Waals surface area contributed by atoms with Crippen molar-refractivity contribution in [2.75, 3.05) is 5.88 Å². The van der Waals surface area contributed by atoms with Crippen molar-refractivity contribution in [2.24, 2.45) is 11.3 Å². The molecular weight excluding hydrogens is 192 g/mol. The van der Waals surface area contributed by atoms with Gasteiger partial charge in [0.1, 0.15) is 0 Å². The molecule has 0 N–H and O–H groups in total. The van der Waals surface area contributed by atoms with E-state index in [1.807, 2.05) is 0 Å². The summed E-state index contributed by atoms with van der Waals surface area (Å²) in [5, 5.41) is 0. The van der Waals surface area contributed by atoms with Crippen LogP contribution in [-0.4, -0.2) is 5.88 Å². The van der Waals surface area contributed by atoms with Crippen molar-refractivity contribution >= 4 is 11.6 Å². The zero-order chi connectivity index (χ0) is 10.4. The van der Waals surface area contributed by atoms with Gasteiger partial charge in [-0.15, -0.1) is 11.6 Å². The van der Waals surface area contributed by atoms with Gasteiger partial charge in [-0.25, -0.2) is 0 Å². The van der Waals surface area contributed by atoms with Gasteiger partial charge < -0.3 is 0 Å². The number of hydrogen-bond donors (Lipinski definition) is 0. The third-order valence-corrected chi connectivity index (χ3v) is 4.33. The van der Waals surface area contributed by atoms with E-state index in [0.717, 1.165) is 11.8 Å². The number of alkyl halides is 1. The first-order chi connectivity index (χ1) is 6.73. The fourth-order valence-corrected chi connectivity index (χ4v) is 2.64. The van der Waals surface area contributed by atoms with E-state index in [-0.39, 0.29) is 0 Å². The fourth-order valence-electron chi connectivity index (χ4n) is 2.29. The molecule has 0 amide bonds. The number of hydrogen-bond acceptors (Lipinski definition) is 0. The first-order valence-electron chi connectivity index (χ1n) is 6.29. The average Bonchev–Trinajstić information content (AvgIpc) is 3.01. The topological polar surface area (TPSA) is 0 Å². The summed E-state index contributed by atoms with van der Waals surface area (Å²) in [6, 6.07) is 0. The largest absolute Gasteiger partial charge is 0.126 e. The molecule has 84 valence electrons. The number of unbranched alkanes of at least 4 members (excludes halogenated alkanes) is 4. The lowest BCUT2D eigenvalue weighted by atomic mass is 9.81. The zero-order valence-electron chi connectivity index (χ0n) is 9.82. The Morgan fingerprint density at radius 3 is 2.29 bits per heavy atom. The van der Waals surface area contributed by atoms with Gasteiger partial charge in [-0.05, 0) is 30.6 Å². The summed E-state index contributed by atoms with van der Waals surface area (Å²) < 4.78 is 0. The van der Waals surface area contributed by atoms with E-state index in [4.69, 9.17) is 11.6 Å². The monoisotopic (exact) mass is 216 g/mol. The molecule has 1 unspecified atom stereocenters. The lowest BCUT2D eigenvalue weighted by Crippen LogP contribution is -2.21. The van der Waals surface area contributed by atoms with E-state index < -0.39 is 0 Å². The molecule has 0 nitrogen and oxygen atoms in total. The van der Waals surface area contributed by atoms with E-state index in [9.17, 15) is 0 Å². The molecule has 1 heteroatoms. The number of rotatable bonds is 8. The average molecular weight is 217 g/mol. The van der Waals surface area contributed by atoms with Crippen LogP contribution in [0.4, 0.5) is 0 Å². The molecule has 0 spiro atoms. The summed E-state index contributed by atoms with van der Waals surface area (Å²) in [5.41, 5.74) is 0.466. The molecule has 0 radical (unpaired) electrons. The van der Waals surface area contributed by atoms with E-state index in [0.29, 0.717) is 5.41 Å². The van der Waals surface area contributed by atoms with Crippen molar-refractivity contribution in [1.82, 2.24) is 0 Å². The van der Waals surface area contributed by atoms with Crippen molar-refractivity contribution in [3.63, 3.8) is 0 Å². The van der Waals surface area contributed by atoms with Gasteiger partial charge >= 0.3 is 0 Å². The summed E-state index contributed by atoms with van der Waals surface area (Å²) in [5.74, 6) is 1.82. The van der Waals surface area contributed by atoms with Gasteiger partial charge in [0.25, 0.3) is 0 Å². The highest BCUT2D eigenvalue weighted by Gasteiger charge is 2.39. The molecule has 1 saturated carbocycles. The molecule has 0 aliphatic heterocycles. The summed E-state index contributed by atoms with van der Waals surface area (Å²) in [4.78, 5) is 0. The third kappa shape index (κ3) is 3.81. The molecule has 1 rings (SSSR count). The Balaban J connectivity index is 2.08. The maximum absolute atomic E-state index is 6.08.